The van der Waals surface area contributed by atoms with E-state index in [1.165, 1.54) is 10.5 Å². The van der Waals surface area contributed by atoms with Gasteiger partial charge in [0, 0.05) is 19.4 Å². The molecule has 0 saturated heterocycles. The monoisotopic (exact) mass is 270 g/mol. The highest BCUT2D eigenvalue weighted by Crippen LogP contribution is 2.25. The number of nitrogens with one attached hydrogen (secondary N) is 1. The maximum absolute atomic E-state index is 12.1. The number of urea groups is 1. The van der Waals surface area contributed by atoms with E-state index in [4.69, 9.17) is 0 Å². The first-order chi connectivity index (χ1) is 9.63. The molecule has 0 spiro atoms. The molecule has 1 aromatic heterocycles. The Kier molecular flexibility index (Phi) is 4.30. The van der Waals surface area contributed by atoms with Gasteiger partial charge in [0.2, 0.25) is 0 Å². The lowest BCUT2D eigenvalue weighted by atomic mass is 10.0. The van der Waals surface area contributed by atoms with E-state index in [0.29, 0.717) is 11.7 Å². The van der Waals surface area contributed by atoms with Crippen molar-refractivity contribution >= 4 is 17.5 Å². The van der Waals surface area contributed by atoms with Crippen LogP contribution in [0.3, 0.4) is 0 Å². The van der Waals surface area contributed by atoms with E-state index in [2.05, 4.69) is 29.1 Å². The van der Waals surface area contributed by atoms with Crippen LogP contribution >= 0.6 is 0 Å². The molecule has 104 valence electrons. The predicted molar refractivity (Wildman–Crippen MR) is 79.2 cm³/mol. The number of carbonyl (C=O) groups is 1. The molecular weight excluding hydrogens is 252 g/mol. The predicted octanol–water partition coefficient (Wildman–Crippen LogP) is 3.08. The fraction of sp³-hybridized carbons (Fsp3) is 0.267. The van der Waals surface area contributed by atoms with Gasteiger partial charge in [-0.2, -0.15) is 0 Å². The molecule has 0 atom stereocenters. The van der Waals surface area contributed by atoms with E-state index in [1.54, 1.807) is 25.6 Å². The number of anilines is 2. The zero-order valence-corrected chi connectivity index (χ0v) is 11.9. The number of rotatable bonds is 3. The summed E-state index contributed by atoms with van der Waals surface area (Å²) >= 11 is 0. The van der Waals surface area contributed by atoms with Crippen LogP contribution in [-0.4, -0.2) is 23.0 Å². The van der Waals surface area contributed by atoms with Crippen LogP contribution in [0.2, 0.25) is 0 Å². The second-order valence-corrected chi connectivity index (χ2v) is 4.70. The molecule has 1 heterocycles. The van der Waals surface area contributed by atoms with Gasteiger partial charge in [-0.15, -0.1) is 0 Å². The van der Waals surface area contributed by atoms with Crippen LogP contribution in [-0.2, 0) is 0 Å². The molecule has 1 N–H and O–H groups in total. The first-order valence-electron chi connectivity index (χ1n) is 6.51. The molecule has 0 aliphatic carbocycles. The van der Waals surface area contributed by atoms with Crippen molar-refractivity contribution in [3.8, 4) is 0 Å². The van der Waals surface area contributed by atoms with Crippen LogP contribution in [0.15, 0.2) is 42.9 Å². The van der Waals surface area contributed by atoms with Crippen LogP contribution < -0.4 is 10.2 Å². The molecule has 0 bridgehead atoms. The summed E-state index contributed by atoms with van der Waals surface area (Å²) in [7, 11) is 1.59. The minimum absolute atomic E-state index is 0.247. The van der Waals surface area contributed by atoms with Crippen molar-refractivity contribution in [1.82, 2.24) is 15.3 Å². The Morgan fingerprint density at radius 2 is 1.90 bits per heavy atom. The summed E-state index contributed by atoms with van der Waals surface area (Å²) < 4.78 is 0. The second kappa shape index (κ2) is 6.14. The highest BCUT2D eigenvalue weighted by Gasteiger charge is 2.18. The average Bonchev–Trinajstić information content (AvgIpc) is 2.49. The Balaban J connectivity index is 2.39. The molecule has 20 heavy (non-hydrogen) atoms. The van der Waals surface area contributed by atoms with Crippen LogP contribution in [0.1, 0.15) is 25.3 Å². The maximum Gasteiger partial charge on any atom is 0.327 e. The van der Waals surface area contributed by atoms with Crippen LogP contribution in [0, 0.1) is 0 Å². The molecule has 0 saturated carbocycles. The summed E-state index contributed by atoms with van der Waals surface area (Å²) in [6.45, 7) is 4.27. The Labute approximate surface area is 118 Å². The highest BCUT2D eigenvalue weighted by molar-refractivity contribution is 5.98. The summed E-state index contributed by atoms with van der Waals surface area (Å²) in [5, 5.41) is 2.62. The molecular formula is C15H18N4O. The Hall–Kier alpha value is -2.43. The number of amides is 2. The molecule has 2 amide bonds. The van der Waals surface area contributed by atoms with Crippen molar-refractivity contribution in [2.75, 3.05) is 11.9 Å². The number of hydrogen-bond acceptors (Lipinski definition) is 3. The number of nitrogens with zero attached hydrogens (tertiary/aromatic N) is 3. The van der Waals surface area contributed by atoms with Crippen LogP contribution in [0.4, 0.5) is 16.3 Å². The Morgan fingerprint density at radius 3 is 2.40 bits per heavy atom. The van der Waals surface area contributed by atoms with Gasteiger partial charge in [0.1, 0.15) is 0 Å². The van der Waals surface area contributed by atoms with Gasteiger partial charge in [-0.25, -0.2) is 14.7 Å². The van der Waals surface area contributed by atoms with Gasteiger partial charge in [-0.05, 0) is 23.6 Å². The van der Waals surface area contributed by atoms with Gasteiger partial charge in [0.25, 0.3) is 0 Å². The summed E-state index contributed by atoms with van der Waals surface area (Å²) in [5.41, 5.74) is 1.99. The molecule has 0 radical (unpaired) electrons. The van der Waals surface area contributed by atoms with Gasteiger partial charge in [-0.1, -0.05) is 26.0 Å². The molecule has 0 fully saturated rings. The Bertz CT molecular complexity index is 566. The van der Waals surface area contributed by atoms with Crippen molar-refractivity contribution in [3.63, 3.8) is 0 Å². The molecule has 0 aliphatic heterocycles. The van der Waals surface area contributed by atoms with Gasteiger partial charge < -0.3 is 5.32 Å². The third-order valence-electron chi connectivity index (χ3n) is 3.01. The zero-order valence-electron chi connectivity index (χ0n) is 11.9. The second-order valence-electron chi connectivity index (χ2n) is 4.70. The first-order valence-corrected chi connectivity index (χ1v) is 6.51. The molecule has 0 aliphatic rings. The number of hydrogen-bond donors (Lipinski definition) is 1. The van der Waals surface area contributed by atoms with E-state index in [0.717, 1.165) is 5.69 Å². The molecule has 5 nitrogen and oxygen atoms in total. The van der Waals surface area contributed by atoms with E-state index in [9.17, 15) is 4.79 Å². The topological polar surface area (TPSA) is 58.1 Å². The fourth-order valence-electron chi connectivity index (χ4n) is 1.88. The SMILES string of the molecule is CNC(=O)N(c1ccc(C(C)C)cc1)c1cnccn1. The quantitative estimate of drug-likeness (QED) is 0.932. The van der Waals surface area contributed by atoms with Crippen molar-refractivity contribution in [2.45, 2.75) is 19.8 Å². The first kappa shape index (κ1) is 14.0. The highest BCUT2D eigenvalue weighted by atomic mass is 16.2. The van der Waals surface area contributed by atoms with Gasteiger partial charge in [0.05, 0.1) is 11.9 Å². The van der Waals surface area contributed by atoms with Crippen molar-refractivity contribution in [2.24, 2.45) is 0 Å². The minimum atomic E-state index is -0.247. The number of carbonyl (C=O) groups excluding carboxylic acids is 1. The fourth-order valence-corrected chi connectivity index (χ4v) is 1.88. The molecule has 0 unspecified atom stereocenters. The lowest BCUT2D eigenvalue weighted by Gasteiger charge is -2.21. The van der Waals surface area contributed by atoms with E-state index >= 15 is 0 Å². The van der Waals surface area contributed by atoms with Crippen LogP contribution in [0.25, 0.3) is 0 Å². The zero-order chi connectivity index (χ0) is 14.5. The van der Waals surface area contributed by atoms with Gasteiger partial charge >= 0.3 is 6.03 Å². The summed E-state index contributed by atoms with van der Waals surface area (Å²) in [5.74, 6) is 0.943. The summed E-state index contributed by atoms with van der Waals surface area (Å²) in [6, 6.07) is 7.62. The number of aromatic nitrogens is 2. The Morgan fingerprint density at radius 1 is 1.20 bits per heavy atom. The average molecular weight is 270 g/mol. The lowest BCUT2D eigenvalue weighted by molar-refractivity contribution is 0.250. The van der Waals surface area contributed by atoms with Gasteiger partial charge in [0.15, 0.2) is 5.82 Å². The lowest BCUT2D eigenvalue weighted by Crippen LogP contribution is -2.35. The standard InChI is InChI=1S/C15H18N4O/c1-11(2)12-4-6-13(7-5-12)19(15(20)16-3)14-10-17-8-9-18-14/h4-11H,1-3H3,(H,16,20). The van der Waals surface area contributed by atoms with Crippen molar-refractivity contribution < 1.29 is 4.79 Å². The van der Waals surface area contributed by atoms with Crippen molar-refractivity contribution in [1.29, 1.82) is 0 Å². The number of benzene rings is 1. The summed E-state index contributed by atoms with van der Waals surface area (Å²) in [4.78, 5) is 21.8. The normalized spacial score (nSPS) is 10.4. The third-order valence-corrected chi connectivity index (χ3v) is 3.01. The van der Waals surface area contributed by atoms with E-state index in [1.807, 2.05) is 24.3 Å². The largest absolute Gasteiger partial charge is 0.340 e. The third kappa shape index (κ3) is 2.93. The minimum Gasteiger partial charge on any atom is -0.340 e. The van der Waals surface area contributed by atoms with Crippen LogP contribution in [0.5, 0.6) is 0 Å². The summed E-state index contributed by atoms with van der Waals surface area (Å²) in [6.07, 6.45) is 4.70. The molecule has 5 heteroatoms. The van der Waals surface area contributed by atoms with Gasteiger partial charge in [-0.3, -0.25) is 4.98 Å². The smallest absolute Gasteiger partial charge is 0.327 e. The van der Waals surface area contributed by atoms with Crippen molar-refractivity contribution in [3.05, 3.63) is 48.4 Å². The maximum atomic E-state index is 12.1. The molecule has 1 aromatic carbocycles. The van der Waals surface area contributed by atoms with E-state index in [-0.39, 0.29) is 6.03 Å². The molecule has 2 aromatic rings. The molecule has 2 rings (SSSR count). The van der Waals surface area contributed by atoms with E-state index < -0.39 is 0 Å².